The molecule has 0 heterocycles. The number of rotatable bonds is 3. The Labute approximate surface area is 85.5 Å². The van der Waals surface area contributed by atoms with Crippen molar-refractivity contribution in [3.8, 4) is 0 Å². The van der Waals surface area contributed by atoms with Crippen molar-refractivity contribution in [3.05, 3.63) is 35.9 Å². The first-order valence-corrected chi connectivity index (χ1v) is 4.99. The van der Waals surface area contributed by atoms with Gasteiger partial charge in [-0.25, -0.2) is 0 Å². The first-order chi connectivity index (χ1) is 6.66. The predicted molar refractivity (Wildman–Crippen MR) is 57.9 cm³/mol. The fourth-order valence-corrected chi connectivity index (χ4v) is 1.68. The number of carbonyl (C=O) groups excluding carboxylic acids is 1. The molecule has 0 aliphatic carbocycles. The predicted octanol–water partition coefficient (Wildman–Crippen LogP) is 2.62. The Balaban J connectivity index is 2.83. The molecule has 2 nitrogen and oxygen atoms in total. The molecule has 2 heteroatoms. The summed E-state index contributed by atoms with van der Waals surface area (Å²) in [6.07, 6.45) is 0. The highest BCUT2D eigenvalue weighted by Gasteiger charge is 2.15. The summed E-state index contributed by atoms with van der Waals surface area (Å²) < 4.78 is 0. The lowest BCUT2D eigenvalue weighted by Crippen LogP contribution is -2.31. The number of amides is 1. The van der Waals surface area contributed by atoms with Gasteiger partial charge in [-0.2, -0.15) is 0 Å². The number of carbonyl (C=O) groups is 1. The summed E-state index contributed by atoms with van der Waals surface area (Å²) in [6.45, 7) is 6.43. The van der Waals surface area contributed by atoms with Crippen molar-refractivity contribution < 1.29 is 4.79 Å². The number of hydrogen-bond donors (Lipinski definition) is 0. The second-order valence-electron chi connectivity index (χ2n) is 3.39. The van der Waals surface area contributed by atoms with Crippen molar-refractivity contribution in [2.45, 2.75) is 26.8 Å². The second kappa shape index (κ2) is 4.80. The highest BCUT2D eigenvalue weighted by atomic mass is 16.2. The lowest BCUT2D eigenvalue weighted by Gasteiger charge is -2.27. The van der Waals surface area contributed by atoms with Gasteiger partial charge in [-0.1, -0.05) is 30.3 Å². The van der Waals surface area contributed by atoms with E-state index in [2.05, 4.69) is 19.1 Å². The summed E-state index contributed by atoms with van der Waals surface area (Å²) >= 11 is 0. The van der Waals surface area contributed by atoms with Crippen LogP contribution in [0.1, 0.15) is 32.4 Å². The molecule has 0 N–H and O–H groups in total. The Bertz CT molecular complexity index is 294. The zero-order valence-electron chi connectivity index (χ0n) is 9.03. The molecule has 0 unspecified atom stereocenters. The maximum Gasteiger partial charge on any atom is 0.219 e. The van der Waals surface area contributed by atoms with Crippen molar-refractivity contribution >= 4 is 5.91 Å². The van der Waals surface area contributed by atoms with E-state index in [4.69, 9.17) is 0 Å². The van der Waals surface area contributed by atoms with Gasteiger partial charge >= 0.3 is 0 Å². The molecule has 1 amide bonds. The molecule has 1 aromatic carbocycles. The van der Waals surface area contributed by atoms with Crippen LogP contribution in [0.5, 0.6) is 0 Å². The molecule has 76 valence electrons. The monoisotopic (exact) mass is 191 g/mol. The molecule has 0 aliphatic heterocycles. The Morgan fingerprint density at radius 3 is 2.36 bits per heavy atom. The van der Waals surface area contributed by atoms with Crippen molar-refractivity contribution in [1.82, 2.24) is 4.90 Å². The van der Waals surface area contributed by atoms with Gasteiger partial charge < -0.3 is 4.90 Å². The molecule has 0 aromatic heterocycles. The molecule has 1 rings (SSSR count). The number of benzene rings is 1. The second-order valence-corrected chi connectivity index (χ2v) is 3.39. The highest BCUT2D eigenvalue weighted by molar-refractivity contribution is 5.73. The summed E-state index contributed by atoms with van der Waals surface area (Å²) in [4.78, 5) is 13.2. The van der Waals surface area contributed by atoms with E-state index in [9.17, 15) is 4.79 Å². The maximum absolute atomic E-state index is 11.3. The third-order valence-corrected chi connectivity index (χ3v) is 2.49. The largest absolute Gasteiger partial charge is 0.336 e. The summed E-state index contributed by atoms with van der Waals surface area (Å²) in [5.41, 5.74) is 1.18. The quantitative estimate of drug-likeness (QED) is 0.719. The SMILES string of the molecule is CCN(C(C)=O)[C@H](C)c1ccccc1. The molecule has 0 bridgehead atoms. The van der Waals surface area contributed by atoms with Crippen molar-refractivity contribution in [3.63, 3.8) is 0 Å². The molecular weight excluding hydrogens is 174 g/mol. The lowest BCUT2D eigenvalue weighted by molar-refractivity contribution is -0.130. The van der Waals surface area contributed by atoms with E-state index in [1.54, 1.807) is 6.92 Å². The summed E-state index contributed by atoms with van der Waals surface area (Å²) in [7, 11) is 0. The average molecular weight is 191 g/mol. The molecule has 0 spiro atoms. The van der Waals surface area contributed by atoms with Crippen molar-refractivity contribution in [2.75, 3.05) is 6.54 Å². The van der Waals surface area contributed by atoms with Gasteiger partial charge in [-0.15, -0.1) is 0 Å². The van der Waals surface area contributed by atoms with Crippen LogP contribution in [-0.2, 0) is 4.79 Å². The Kier molecular flexibility index (Phi) is 3.69. The van der Waals surface area contributed by atoms with E-state index in [0.29, 0.717) is 0 Å². The van der Waals surface area contributed by atoms with Crippen molar-refractivity contribution in [2.24, 2.45) is 0 Å². The highest BCUT2D eigenvalue weighted by Crippen LogP contribution is 2.19. The fourth-order valence-electron chi connectivity index (χ4n) is 1.68. The van der Waals surface area contributed by atoms with E-state index < -0.39 is 0 Å². The third kappa shape index (κ3) is 2.34. The molecule has 0 fully saturated rings. The first-order valence-electron chi connectivity index (χ1n) is 4.99. The molecule has 0 aliphatic rings. The van der Waals surface area contributed by atoms with Crippen LogP contribution in [0, 0.1) is 0 Å². The molecule has 1 aromatic rings. The van der Waals surface area contributed by atoms with Crippen LogP contribution in [0.4, 0.5) is 0 Å². The summed E-state index contributed by atoms with van der Waals surface area (Å²) in [5, 5.41) is 0. The topological polar surface area (TPSA) is 20.3 Å². The minimum atomic E-state index is 0.129. The lowest BCUT2D eigenvalue weighted by atomic mass is 10.1. The maximum atomic E-state index is 11.3. The van der Waals surface area contributed by atoms with E-state index >= 15 is 0 Å². The average Bonchev–Trinajstić information content (AvgIpc) is 2.19. The Morgan fingerprint density at radius 2 is 1.93 bits per heavy atom. The van der Waals surface area contributed by atoms with Gasteiger partial charge in [-0.05, 0) is 19.4 Å². The van der Waals surface area contributed by atoms with Gasteiger partial charge in [-0.3, -0.25) is 4.79 Å². The molecule has 1 atom stereocenters. The van der Waals surface area contributed by atoms with Crippen LogP contribution in [0.25, 0.3) is 0 Å². The van der Waals surface area contributed by atoms with Gasteiger partial charge in [0, 0.05) is 13.5 Å². The minimum absolute atomic E-state index is 0.129. The Hall–Kier alpha value is -1.31. The molecule has 0 radical (unpaired) electrons. The molecule has 14 heavy (non-hydrogen) atoms. The smallest absolute Gasteiger partial charge is 0.219 e. The van der Waals surface area contributed by atoms with Crippen LogP contribution < -0.4 is 0 Å². The number of hydrogen-bond acceptors (Lipinski definition) is 1. The van der Waals surface area contributed by atoms with E-state index in [0.717, 1.165) is 6.54 Å². The van der Waals surface area contributed by atoms with Gasteiger partial charge in [0.1, 0.15) is 0 Å². The first kappa shape index (κ1) is 10.8. The van der Waals surface area contributed by atoms with Crippen LogP contribution in [0.3, 0.4) is 0 Å². The molecule has 0 saturated heterocycles. The number of nitrogens with zero attached hydrogens (tertiary/aromatic N) is 1. The van der Waals surface area contributed by atoms with E-state index in [1.165, 1.54) is 5.56 Å². The van der Waals surface area contributed by atoms with Crippen LogP contribution in [0.2, 0.25) is 0 Å². The van der Waals surface area contributed by atoms with Crippen LogP contribution >= 0.6 is 0 Å². The third-order valence-electron chi connectivity index (χ3n) is 2.49. The van der Waals surface area contributed by atoms with E-state index in [-0.39, 0.29) is 11.9 Å². The molecule has 0 saturated carbocycles. The minimum Gasteiger partial charge on any atom is -0.336 e. The molecular formula is C12H17NO. The van der Waals surface area contributed by atoms with Gasteiger partial charge in [0.2, 0.25) is 5.91 Å². The van der Waals surface area contributed by atoms with Crippen LogP contribution in [-0.4, -0.2) is 17.4 Å². The fraction of sp³-hybridized carbons (Fsp3) is 0.417. The zero-order chi connectivity index (χ0) is 10.6. The van der Waals surface area contributed by atoms with Crippen LogP contribution in [0.15, 0.2) is 30.3 Å². The van der Waals surface area contributed by atoms with Gasteiger partial charge in [0.15, 0.2) is 0 Å². The summed E-state index contributed by atoms with van der Waals surface area (Å²) in [5.74, 6) is 0.129. The van der Waals surface area contributed by atoms with Gasteiger partial charge in [0.25, 0.3) is 0 Å². The standard InChI is InChI=1S/C12H17NO/c1-4-13(11(3)14)10(2)12-8-6-5-7-9-12/h5-10H,4H2,1-3H3/t10-/m1/s1. The van der Waals surface area contributed by atoms with Crippen molar-refractivity contribution in [1.29, 1.82) is 0 Å². The van der Waals surface area contributed by atoms with E-state index in [1.807, 2.05) is 30.0 Å². The van der Waals surface area contributed by atoms with Gasteiger partial charge in [0.05, 0.1) is 6.04 Å². The summed E-state index contributed by atoms with van der Waals surface area (Å²) in [6, 6.07) is 10.3. The zero-order valence-corrected chi connectivity index (χ0v) is 9.03. The Morgan fingerprint density at radius 1 is 1.36 bits per heavy atom. The normalized spacial score (nSPS) is 12.2.